The summed E-state index contributed by atoms with van der Waals surface area (Å²) < 4.78 is 5.09. The van der Waals surface area contributed by atoms with Crippen molar-refractivity contribution in [2.75, 3.05) is 6.61 Å². The van der Waals surface area contributed by atoms with Crippen LogP contribution in [0.25, 0.3) is 0 Å². The van der Waals surface area contributed by atoms with Crippen LogP contribution < -0.4 is 5.32 Å². The number of hydrogen-bond acceptors (Lipinski definition) is 4. The Hall–Kier alpha value is -1.26. The summed E-state index contributed by atoms with van der Waals surface area (Å²) in [5, 5.41) is 6.21. The van der Waals surface area contributed by atoms with Crippen molar-refractivity contribution in [3.05, 3.63) is 0 Å². The molecule has 0 aromatic rings. The average Bonchev–Trinajstić information content (AvgIpc) is 2.36. The van der Waals surface area contributed by atoms with E-state index in [2.05, 4.69) is 10.5 Å². The smallest absolute Gasteiger partial charge is 0.231 e. The van der Waals surface area contributed by atoms with E-state index in [9.17, 15) is 4.79 Å². The van der Waals surface area contributed by atoms with Gasteiger partial charge in [-0.1, -0.05) is 0 Å². The number of ether oxygens (including phenoxy) is 1. The van der Waals surface area contributed by atoms with Crippen LogP contribution in [0.15, 0.2) is 5.16 Å². The van der Waals surface area contributed by atoms with Crippen molar-refractivity contribution in [3.63, 3.8) is 0 Å². The summed E-state index contributed by atoms with van der Waals surface area (Å²) >= 11 is 0. The molecule has 68 valence electrons. The third-order valence-corrected chi connectivity index (χ3v) is 1.32. The Kier molecular flexibility index (Phi) is 2.90. The van der Waals surface area contributed by atoms with E-state index in [1.54, 1.807) is 0 Å². The fraction of sp³-hybridized carbons (Fsp3) is 0.714. The highest BCUT2D eigenvalue weighted by Crippen LogP contribution is 2.08. The lowest BCUT2D eigenvalue weighted by Gasteiger charge is -2.07. The van der Waals surface area contributed by atoms with E-state index in [0.717, 1.165) is 0 Å². The van der Waals surface area contributed by atoms with E-state index in [1.165, 1.54) is 6.92 Å². The third-order valence-electron chi connectivity index (χ3n) is 1.32. The molecule has 0 fully saturated rings. The summed E-state index contributed by atoms with van der Waals surface area (Å²) in [6.07, 6.45) is 0.150. The average molecular weight is 172 g/mol. The van der Waals surface area contributed by atoms with Gasteiger partial charge in [0, 0.05) is 6.92 Å². The van der Waals surface area contributed by atoms with Crippen LogP contribution >= 0.6 is 0 Å². The Bertz CT molecular complexity index is 203. The van der Waals surface area contributed by atoms with E-state index < -0.39 is 0 Å². The van der Waals surface area contributed by atoms with Gasteiger partial charge in [-0.05, 0) is 12.1 Å². The summed E-state index contributed by atoms with van der Waals surface area (Å²) in [4.78, 5) is 15.4. The van der Waals surface area contributed by atoms with Crippen LogP contribution in [0.4, 0.5) is 0 Å². The fourth-order valence-corrected chi connectivity index (χ4v) is 0.912. The zero-order valence-electron chi connectivity index (χ0n) is 7.16. The SMILES string of the molecule is CCOC1=NOC(NC(C)=O)C1. The second-order valence-electron chi connectivity index (χ2n) is 2.42. The summed E-state index contributed by atoms with van der Waals surface area (Å²) in [7, 11) is 0. The van der Waals surface area contributed by atoms with Crippen molar-refractivity contribution in [1.29, 1.82) is 0 Å². The molecule has 1 heterocycles. The predicted molar refractivity (Wildman–Crippen MR) is 42.4 cm³/mol. The highest BCUT2D eigenvalue weighted by atomic mass is 16.7. The Morgan fingerprint density at radius 2 is 2.67 bits per heavy atom. The fourth-order valence-electron chi connectivity index (χ4n) is 0.912. The normalized spacial score (nSPS) is 21.2. The molecule has 1 unspecified atom stereocenters. The molecular weight excluding hydrogens is 160 g/mol. The summed E-state index contributed by atoms with van der Waals surface area (Å²) in [5.41, 5.74) is 0. The lowest BCUT2D eigenvalue weighted by molar-refractivity contribution is -0.122. The summed E-state index contributed by atoms with van der Waals surface area (Å²) in [6, 6.07) is 0. The molecule has 0 bridgehead atoms. The van der Waals surface area contributed by atoms with Gasteiger partial charge in [-0.25, -0.2) is 0 Å². The first-order valence-electron chi connectivity index (χ1n) is 3.85. The minimum absolute atomic E-state index is 0.132. The van der Waals surface area contributed by atoms with Gasteiger partial charge in [0.2, 0.25) is 18.0 Å². The number of amides is 1. The molecule has 0 aromatic heterocycles. The lowest BCUT2D eigenvalue weighted by atomic mass is 10.4. The van der Waals surface area contributed by atoms with Gasteiger partial charge in [-0.15, -0.1) is 0 Å². The van der Waals surface area contributed by atoms with Gasteiger partial charge in [0.1, 0.15) is 0 Å². The monoisotopic (exact) mass is 172 g/mol. The second-order valence-corrected chi connectivity index (χ2v) is 2.42. The van der Waals surface area contributed by atoms with Crippen LogP contribution in [0.3, 0.4) is 0 Å². The van der Waals surface area contributed by atoms with Gasteiger partial charge in [0.05, 0.1) is 13.0 Å². The highest BCUT2D eigenvalue weighted by Gasteiger charge is 2.22. The lowest BCUT2D eigenvalue weighted by Crippen LogP contribution is -2.33. The Morgan fingerprint density at radius 1 is 1.92 bits per heavy atom. The van der Waals surface area contributed by atoms with E-state index in [4.69, 9.17) is 9.57 Å². The maximum atomic E-state index is 10.6. The Labute approximate surface area is 70.7 Å². The molecule has 1 aliphatic heterocycles. The van der Waals surface area contributed by atoms with E-state index in [1.807, 2.05) is 6.92 Å². The Morgan fingerprint density at radius 3 is 3.25 bits per heavy atom. The van der Waals surface area contributed by atoms with E-state index in [-0.39, 0.29) is 12.1 Å². The van der Waals surface area contributed by atoms with Crippen molar-refractivity contribution in [3.8, 4) is 0 Å². The number of nitrogens with zero attached hydrogens (tertiary/aromatic N) is 1. The molecule has 0 saturated carbocycles. The molecule has 1 aliphatic rings. The van der Waals surface area contributed by atoms with Crippen molar-refractivity contribution in [2.45, 2.75) is 26.5 Å². The highest BCUT2D eigenvalue weighted by molar-refractivity contribution is 5.79. The first kappa shape index (κ1) is 8.83. The largest absolute Gasteiger partial charge is 0.479 e. The van der Waals surface area contributed by atoms with Crippen LogP contribution in [-0.2, 0) is 14.4 Å². The number of oxime groups is 1. The molecule has 1 atom stereocenters. The molecule has 1 N–H and O–H groups in total. The zero-order chi connectivity index (χ0) is 8.97. The minimum Gasteiger partial charge on any atom is -0.479 e. The molecule has 12 heavy (non-hydrogen) atoms. The van der Waals surface area contributed by atoms with Gasteiger partial charge >= 0.3 is 0 Å². The Balaban J connectivity index is 2.26. The number of carbonyl (C=O) groups excluding carboxylic acids is 1. The maximum Gasteiger partial charge on any atom is 0.231 e. The quantitative estimate of drug-likeness (QED) is 0.648. The van der Waals surface area contributed by atoms with Gasteiger partial charge < -0.3 is 14.9 Å². The molecule has 1 rings (SSSR count). The first-order valence-corrected chi connectivity index (χ1v) is 3.85. The topological polar surface area (TPSA) is 59.9 Å². The molecule has 1 amide bonds. The standard InChI is InChI=1S/C7H12N2O3/c1-3-11-7-4-6(12-9-7)8-5(2)10/h6H,3-4H2,1-2H3,(H,8,10). The maximum absolute atomic E-state index is 10.6. The molecule has 0 aliphatic carbocycles. The molecule has 5 nitrogen and oxygen atoms in total. The van der Waals surface area contributed by atoms with Crippen LogP contribution in [0, 0.1) is 0 Å². The van der Waals surface area contributed by atoms with Crippen molar-refractivity contribution < 1.29 is 14.4 Å². The summed E-state index contributed by atoms with van der Waals surface area (Å²) in [5.74, 6) is 0.407. The number of carbonyl (C=O) groups is 1. The van der Waals surface area contributed by atoms with Gasteiger partial charge in [-0.2, -0.15) is 0 Å². The second kappa shape index (κ2) is 3.94. The van der Waals surface area contributed by atoms with Crippen LogP contribution in [0.5, 0.6) is 0 Å². The number of nitrogens with one attached hydrogen (secondary N) is 1. The molecule has 0 saturated heterocycles. The van der Waals surface area contributed by atoms with Crippen LogP contribution in [0.2, 0.25) is 0 Å². The molecular formula is C7H12N2O3. The van der Waals surface area contributed by atoms with E-state index >= 15 is 0 Å². The first-order chi connectivity index (χ1) is 5.72. The molecule has 0 spiro atoms. The van der Waals surface area contributed by atoms with Gasteiger partial charge in [0.15, 0.2) is 0 Å². The predicted octanol–water partition coefficient (Wildman–Crippen LogP) is 0.219. The summed E-state index contributed by atoms with van der Waals surface area (Å²) in [6.45, 7) is 3.87. The minimum atomic E-state index is -0.357. The number of rotatable bonds is 2. The molecule has 0 aromatic carbocycles. The van der Waals surface area contributed by atoms with Gasteiger partial charge in [-0.3, -0.25) is 4.79 Å². The van der Waals surface area contributed by atoms with Crippen LogP contribution in [-0.4, -0.2) is 24.6 Å². The van der Waals surface area contributed by atoms with Crippen molar-refractivity contribution >= 4 is 11.8 Å². The van der Waals surface area contributed by atoms with Crippen molar-refractivity contribution in [2.24, 2.45) is 5.16 Å². The van der Waals surface area contributed by atoms with Crippen LogP contribution in [0.1, 0.15) is 20.3 Å². The van der Waals surface area contributed by atoms with E-state index in [0.29, 0.717) is 18.9 Å². The molecule has 5 heteroatoms. The third kappa shape index (κ3) is 2.41. The zero-order valence-corrected chi connectivity index (χ0v) is 7.16. The number of hydrogen-bond donors (Lipinski definition) is 1. The van der Waals surface area contributed by atoms with Crippen molar-refractivity contribution in [1.82, 2.24) is 5.32 Å². The van der Waals surface area contributed by atoms with Gasteiger partial charge in [0.25, 0.3) is 0 Å². The molecule has 0 radical (unpaired) electrons.